The van der Waals surface area contributed by atoms with Gasteiger partial charge in [-0.25, -0.2) is 4.79 Å². The van der Waals surface area contributed by atoms with E-state index in [4.69, 9.17) is 9.52 Å². The van der Waals surface area contributed by atoms with Gasteiger partial charge in [0.1, 0.15) is 0 Å². The fraction of sp³-hybridized carbons (Fsp3) is 0.357. The van der Waals surface area contributed by atoms with Crippen molar-refractivity contribution in [1.82, 2.24) is 10.2 Å². The van der Waals surface area contributed by atoms with Crippen LogP contribution in [0.3, 0.4) is 0 Å². The highest BCUT2D eigenvalue weighted by molar-refractivity contribution is 8.00. The second kappa shape index (κ2) is 4.94. The molecule has 1 saturated heterocycles. The second-order valence-electron chi connectivity index (χ2n) is 4.98. The molecule has 1 aliphatic heterocycles. The molecule has 1 aliphatic rings. The Morgan fingerprint density at radius 1 is 1.45 bits per heavy atom. The first kappa shape index (κ1) is 13.2. The van der Waals surface area contributed by atoms with Crippen LogP contribution in [0.4, 0.5) is 0 Å². The third-order valence-electron chi connectivity index (χ3n) is 3.45. The zero-order chi connectivity index (χ0) is 14.2. The minimum Gasteiger partial charge on any atom is -0.478 e. The molecule has 1 unspecified atom stereocenters. The van der Waals surface area contributed by atoms with Crippen LogP contribution >= 0.6 is 11.8 Å². The number of nitrogens with zero attached hydrogens (tertiary/aromatic N) is 2. The fourth-order valence-corrected chi connectivity index (χ4v) is 3.52. The van der Waals surface area contributed by atoms with Crippen molar-refractivity contribution in [2.45, 2.75) is 24.5 Å². The molecule has 1 atom stereocenters. The number of hydrogen-bond acceptors (Lipinski definition) is 5. The first-order chi connectivity index (χ1) is 9.58. The van der Waals surface area contributed by atoms with Crippen LogP contribution in [-0.4, -0.2) is 27.0 Å². The van der Waals surface area contributed by atoms with Crippen molar-refractivity contribution >= 4 is 17.7 Å². The number of aromatic nitrogens is 2. The van der Waals surface area contributed by atoms with Crippen molar-refractivity contribution in [2.24, 2.45) is 0 Å². The van der Waals surface area contributed by atoms with Crippen molar-refractivity contribution in [1.29, 1.82) is 0 Å². The number of carboxylic acid groups (broad SMARTS) is 1. The van der Waals surface area contributed by atoms with Gasteiger partial charge in [0.25, 0.3) is 0 Å². The molecule has 0 amide bonds. The van der Waals surface area contributed by atoms with E-state index in [0.29, 0.717) is 17.3 Å². The lowest BCUT2D eigenvalue weighted by Crippen LogP contribution is -2.12. The SMILES string of the molecule is CC1(c2nnc(-c3cccc(C(=O)O)c3)o2)CCCS1. The number of hydrogen-bond donors (Lipinski definition) is 1. The number of rotatable bonds is 3. The van der Waals surface area contributed by atoms with Crippen molar-refractivity contribution in [3.63, 3.8) is 0 Å². The molecule has 0 aliphatic carbocycles. The summed E-state index contributed by atoms with van der Waals surface area (Å²) in [7, 11) is 0. The van der Waals surface area contributed by atoms with Gasteiger partial charge in [-0.1, -0.05) is 6.07 Å². The summed E-state index contributed by atoms with van der Waals surface area (Å²) in [5, 5.41) is 17.2. The van der Waals surface area contributed by atoms with Gasteiger partial charge in [0.2, 0.25) is 11.8 Å². The quantitative estimate of drug-likeness (QED) is 0.935. The molecule has 6 heteroatoms. The van der Waals surface area contributed by atoms with Crippen molar-refractivity contribution < 1.29 is 14.3 Å². The lowest BCUT2D eigenvalue weighted by molar-refractivity contribution is 0.0697. The van der Waals surface area contributed by atoms with E-state index in [0.717, 1.165) is 18.6 Å². The molecule has 1 aromatic heterocycles. The van der Waals surface area contributed by atoms with Gasteiger partial charge in [-0.3, -0.25) is 0 Å². The van der Waals surface area contributed by atoms with E-state index in [1.54, 1.807) is 18.2 Å². The summed E-state index contributed by atoms with van der Waals surface area (Å²) in [4.78, 5) is 11.0. The predicted molar refractivity (Wildman–Crippen MR) is 75.7 cm³/mol. The van der Waals surface area contributed by atoms with Crippen molar-refractivity contribution in [3.05, 3.63) is 35.7 Å². The Hall–Kier alpha value is -1.82. The van der Waals surface area contributed by atoms with Crippen LogP contribution in [-0.2, 0) is 4.75 Å². The van der Waals surface area contributed by atoms with Gasteiger partial charge in [0.15, 0.2) is 0 Å². The first-order valence-corrected chi connectivity index (χ1v) is 7.39. The monoisotopic (exact) mass is 290 g/mol. The molecule has 0 radical (unpaired) electrons. The van der Waals surface area contributed by atoms with Crippen LogP contribution in [0.1, 0.15) is 36.0 Å². The Morgan fingerprint density at radius 3 is 3.00 bits per heavy atom. The van der Waals surface area contributed by atoms with Crippen molar-refractivity contribution in [2.75, 3.05) is 5.75 Å². The molecule has 3 rings (SSSR count). The minimum absolute atomic E-state index is 0.115. The minimum atomic E-state index is -0.968. The van der Waals surface area contributed by atoms with Gasteiger partial charge in [-0.15, -0.1) is 22.0 Å². The molecule has 1 fully saturated rings. The number of carbonyl (C=O) groups is 1. The summed E-state index contributed by atoms with van der Waals surface area (Å²) in [5.41, 5.74) is 0.846. The molecular weight excluding hydrogens is 276 g/mol. The molecule has 20 heavy (non-hydrogen) atoms. The number of aromatic carboxylic acids is 1. The predicted octanol–water partition coefficient (Wildman–Crippen LogP) is 3.18. The van der Waals surface area contributed by atoms with Gasteiger partial charge in [-0.2, -0.15) is 0 Å². The van der Waals surface area contributed by atoms with E-state index in [9.17, 15) is 4.79 Å². The third-order valence-corrected chi connectivity index (χ3v) is 4.96. The zero-order valence-corrected chi connectivity index (χ0v) is 11.8. The lowest BCUT2D eigenvalue weighted by atomic mass is 10.1. The maximum Gasteiger partial charge on any atom is 0.335 e. The Labute approximate surface area is 120 Å². The smallest absolute Gasteiger partial charge is 0.335 e. The molecule has 1 aromatic carbocycles. The second-order valence-corrected chi connectivity index (χ2v) is 6.58. The van der Waals surface area contributed by atoms with Crippen LogP contribution in [0, 0.1) is 0 Å². The van der Waals surface area contributed by atoms with E-state index in [1.807, 2.05) is 11.8 Å². The Morgan fingerprint density at radius 2 is 2.30 bits per heavy atom. The molecule has 1 N–H and O–H groups in total. The van der Waals surface area contributed by atoms with Crippen LogP contribution in [0.15, 0.2) is 28.7 Å². The van der Waals surface area contributed by atoms with Crippen LogP contribution < -0.4 is 0 Å². The van der Waals surface area contributed by atoms with Gasteiger partial charge < -0.3 is 9.52 Å². The molecule has 2 aromatic rings. The number of carboxylic acids is 1. The Balaban J connectivity index is 1.94. The van der Waals surface area contributed by atoms with E-state index < -0.39 is 5.97 Å². The van der Waals surface area contributed by atoms with E-state index in [1.165, 1.54) is 6.07 Å². The van der Waals surface area contributed by atoms with Crippen LogP contribution in [0.5, 0.6) is 0 Å². The molecule has 2 heterocycles. The Bertz CT molecular complexity index is 647. The van der Waals surface area contributed by atoms with Gasteiger partial charge in [-0.05, 0) is 43.7 Å². The average molecular weight is 290 g/mol. The van der Waals surface area contributed by atoms with Gasteiger partial charge in [0, 0.05) is 5.56 Å². The summed E-state index contributed by atoms with van der Waals surface area (Å²) in [6.07, 6.45) is 2.17. The maximum atomic E-state index is 11.0. The van der Waals surface area contributed by atoms with Crippen molar-refractivity contribution in [3.8, 4) is 11.5 Å². The van der Waals surface area contributed by atoms with Crippen LogP contribution in [0.2, 0.25) is 0 Å². The molecular formula is C14H14N2O3S. The normalized spacial score (nSPS) is 22.1. The fourth-order valence-electron chi connectivity index (χ4n) is 2.29. The summed E-state index contributed by atoms with van der Waals surface area (Å²) in [6.45, 7) is 2.11. The summed E-state index contributed by atoms with van der Waals surface area (Å²) < 4.78 is 5.64. The third kappa shape index (κ3) is 2.31. The summed E-state index contributed by atoms with van der Waals surface area (Å²) in [6, 6.07) is 6.53. The highest BCUT2D eigenvalue weighted by Crippen LogP contribution is 2.45. The zero-order valence-electron chi connectivity index (χ0n) is 11.0. The number of benzene rings is 1. The molecule has 104 valence electrons. The lowest BCUT2D eigenvalue weighted by Gasteiger charge is -2.16. The van der Waals surface area contributed by atoms with E-state index in [2.05, 4.69) is 17.1 Å². The topological polar surface area (TPSA) is 76.2 Å². The number of thioether (sulfide) groups is 1. The van der Waals surface area contributed by atoms with E-state index in [-0.39, 0.29) is 10.3 Å². The highest BCUT2D eigenvalue weighted by Gasteiger charge is 2.36. The average Bonchev–Trinajstić information content (AvgIpc) is 3.08. The Kier molecular flexibility index (Phi) is 3.25. The molecule has 5 nitrogen and oxygen atoms in total. The summed E-state index contributed by atoms with van der Waals surface area (Å²) >= 11 is 1.82. The molecule has 0 bridgehead atoms. The van der Waals surface area contributed by atoms with Gasteiger partial charge in [0.05, 0.1) is 10.3 Å². The first-order valence-electron chi connectivity index (χ1n) is 6.40. The largest absolute Gasteiger partial charge is 0.478 e. The molecule has 0 spiro atoms. The highest BCUT2D eigenvalue weighted by atomic mass is 32.2. The maximum absolute atomic E-state index is 11.0. The van der Waals surface area contributed by atoms with Crippen LogP contribution in [0.25, 0.3) is 11.5 Å². The molecule has 0 saturated carbocycles. The summed E-state index contributed by atoms with van der Waals surface area (Å²) in [5.74, 6) is 1.13. The van der Waals surface area contributed by atoms with Gasteiger partial charge >= 0.3 is 5.97 Å². The standard InChI is InChI=1S/C14H14N2O3S/c1-14(6-3-7-20-14)13-16-15-11(19-13)9-4-2-5-10(8-9)12(17)18/h2,4-5,8H,3,6-7H2,1H3,(H,17,18). The van der Waals surface area contributed by atoms with E-state index >= 15 is 0 Å².